The smallest absolute Gasteiger partial charge is 0.158 e. The van der Waals surface area contributed by atoms with Crippen molar-refractivity contribution in [2.24, 2.45) is 0 Å². The third-order valence-corrected chi connectivity index (χ3v) is 2.73. The van der Waals surface area contributed by atoms with Crippen LogP contribution in [0, 0.1) is 0 Å². The lowest BCUT2D eigenvalue weighted by Gasteiger charge is -2.18. The largest absolute Gasteiger partial charge is 0.383 e. The lowest BCUT2D eigenvalue weighted by molar-refractivity contribution is 0.128. The molecule has 0 fully saturated rings. The highest BCUT2D eigenvalue weighted by Crippen LogP contribution is 2.14. The number of hydrogen-bond acceptors (Lipinski definition) is 5. The molecule has 1 aromatic rings. The van der Waals surface area contributed by atoms with E-state index in [2.05, 4.69) is 22.2 Å². The van der Waals surface area contributed by atoms with Crippen LogP contribution >= 0.6 is 11.6 Å². The van der Waals surface area contributed by atoms with Crippen LogP contribution in [-0.2, 0) is 16.1 Å². The van der Waals surface area contributed by atoms with Crippen molar-refractivity contribution in [2.75, 3.05) is 25.6 Å². The van der Waals surface area contributed by atoms with Crippen molar-refractivity contribution in [3.63, 3.8) is 0 Å². The molecule has 0 amide bonds. The van der Waals surface area contributed by atoms with Crippen LogP contribution in [0.15, 0.2) is 6.07 Å². The average molecular weight is 288 g/mol. The van der Waals surface area contributed by atoms with Gasteiger partial charge in [0.2, 0.25) is 0 Å². The molecule has 1 heterocycles. The van der Waals surface area contributed by atoms with Gasteiger partial charge in [0, 0.05) is 19.8 Å². The first-order valence-electron chi connectivity index (χ1n) is 6.56. The van der Waals surface area contributed by atoms with E-state index in [0.717, 1.165) is 12.8 Å². The summed E-state index contributed by atoms with van der Waals surface area (Å²) >= 11 is 5.99. The number of nitrogens with zero attached hydrogens (tertiary/aromatic N) is 2. The Labute approximate surface area is 119 Å². The lowest BCUT2D eigenvalue weighted by atomic mass is 10.2. The molecule has 6 heteroatoms. The fourth-order valence-corrected chi connectivity index (χ4v) is 1.95. The van der Waals surface area contributed by atoms with Gasteiger partial charge in [-0.2, -0.15) is 0 Å². The standard InChI is InChI=1S/C13H22ClN3O2/c1-4-6-10(8-18-3)15-12-7-11(14)16-13(17-12)9-19-5-2/h7,10H,4-6,8-9H2,1-3H3,(H,15,16,17). The molecular formula is C13H22ClN3O2. The van der Waals surface area contributed by atoms with Crippen molar-refractivity contribution in [3.05, 3.63) is 17.0 Å². The summed E-state index contributed by atoms with van der Waals surface area (Å²) in [4.78, 5) is 8.52. The van der Waals surface area contributed by atoms with Crippen molar-refractivity contribution in [3.8, 4) is 0 Å². The van der Waals surface area contributed by atoms with E-state index in [9.17, 15) is 0 Å². The SMILES string of the molecule is CCCC(COC)Nc1cc(Cl)nc(COCC)n1. The third kappa shape index (κ3) is 6.18. The molecule has 0 aliphatic carbocycles. The molecule has 0 saturated carbocycles. The van der Waals surface area contributed by atoms with Crippen molar-refractivity contribution >= 4 is 17.4 Å². The lowest BCUT2D eigenvalue weighted by Crippen LogP contribution is -2.25. The first-order valence-corrected chi connectivity index (χ1v) is 6.94. The second-order valence-corrected chi connectivity index (χ2v) is 4.60. The number of hydrogen-bond donors (Lipinski definition) is 1. The first-order chi connectivity index (χ1) is 9.19. The topological polar surface area (TPSA) is 56.3 Å². The predicted octanol–water partition coefficient (Wildman–Crippen LogP) is 2.89. The molecule has 1 aromatic heterocycles. The van der Waals surface area contributed by atoms with Gasteiger partial charge in [0.1, 0.15) is 17.6 Å². The fourth-order valence-electron chi connectivity index (χ4n) is 1.75. The van der Waals surface area contributed by atoms with Crippen molar-refractivity contribution < 1.29 is 9.47 Å². The minimum Gasteiger partial charge on any atom is -0.383 e. The molecule has 0 aliphatic heterocycles. The van der Waals surface area contributed by atoms with Gasteiger partial charge in [0.15, 0.2) is 5.82 Å². The van der Waals surface area contributed by atoms with E-state index in [0.29, 0.717) is 36.6 Å². The number of anilines is 1. The molecule has 1 unspecified atom stereocenters. The summed E-state index contributed by atoms with van der Waals surface area (Å²) < 4.78 is 10.5. The summed E-state index contributed by atoms with van der Waals surface area (Å²) in [6.45, 7) is 5.70. The van der Waals surface area contributed by atoms with Gasteiger partial charge in [0.25, 0.3) is 0 Å². The molecule has 5 nitrogen and oxygen atoms in total. The van der Waals surface area contributed by atoms with E-state index in [1.165, 1.54) is 0 Å². The Morgan fingerprint density at radius 1 is 1.37 bits per heavy atom. The minimum absolute atomic E-state index is 0.223. The van der Waals surface area contributed by atoms with Crippen molar-refractivity contribution in [1.82, 2.24) is 9.97 Å². The number of methoxy groups -OCH3 is 1. The van der Waals surface area contributed by atoms with Crippen LogP contribution in [0.5, 0.6) is 0 Å². The molecule has 0 aromatic carbocycles. The van der Waals surface area contributed by atoms with Crippen molar-refractivity contribution in [2.45, 2.75) is 39.3 Å². The Hall–Kier alpha value is -0.910. The molecule has 0 saturated heterocycles. The molecule has 1 atom stereocenters. The van der Waals surface area contributed by atoms with Gasteiger partial charge >= 0.3 is 0 Å². The normalized spacial score (nSPS) is 12.4. The Morgan fingerprint density at radius 2 is 2.16 bits per heavy atom. The second-order valence-electron chi connectivity index (χ2n) is 4.21. The highest BCUT2D eigenvalue weighted by atomic mass is 35.5. The number of aromatic nitrogens is 2. The Morgan fingerprint density at radius 3 is 2.79 bits per heavy atom. The van der Waals surface area contributed by atoms with Gasteiger partial charge in [0.05, 0.1) is 12.6 Å². The maximum absolute atomic E-state index is 5.99. The van der Waals surface area contributed by atoms with E-state index in [1.54, 1.807) is 13.2 Å². The minimum atomic E-state index is 0.223. The number of halogens is 1. The second kappa shape index (κ2) is 9.07. The van der Waals surface area contributed by atoms with Gasteiger partial charge in [-0.15, -0.1) is 0 Å². The Bertz CT molecular complexity index is 371. The van der Waals surface area contributed by atoms with Crippen molar-refractivity contribution in [1.29, 1.82) is 0 Å². The summed E-state index contributed by atoms with van der Waals surface area (Å²) in [5.41, 5.74) is 0. The number of rotatable bonds is 9. The van der Waals surface area contributed by atoms with Crippen LogP contribution in [0.25, 0.3) is 0 Å². The average Bonchev–Trinajstić information content (AvgIpc) is 2.36. The maximum atomic E-state index is 5.99. The Balaban J connectivity index is 2.72. The zero-order valence-corrected chi connectivity index (χ0v) is 12.5. The van der Waals surface area contributed by atoms with E-state index in [1.807, 2.05) is 6.92 Å². The van der Waals surface area contributed by atoms with Gasteiger partial charge < -0.3 is 14.8 Å². The van der Waals surface area contributed by atoms with E-state index in [4.69, 9.17) is 21.1 Å². The molecule has 0 radical (unpaired) electrons. The molecule has 0 bridgehead atoms. The van der Waals surface area contributed by atoms with Crippen LogP contribution in [0.1, 0.15) is 32.5 Å². The zero-order valence-electron chi connectivity index (χ0n) is 11.8. The molecule has 19 heavy (non-hydrogen) atoms. The van der Waals surface area contributed by atoms with Gasteiger partial charge in [-0.1, -0.05) is 24.9 Å². The van der Waals surface area contributed by atoms with E-state index < -0.39 is 0 Å². The monoisotopic (exact) mass is 287 g/mol. The highest BCUT2D eigenvalue weighted by molar-refractivity contribution is 6.29. The summed E-state index contributed by atoms with van der Waals surface area (Å²) in [6.07, 6.45) is 2.09. The zero-order chi connectivity index (χ0) is 14.1. The molecule has 1 rings (SSSR count). The van der Waals surface area contributed by atoms with Crippen LogP contribution in [0.2, 0.25) is 5.15 Å². The van der Waals surface area contributed by atoms with Crippen LogP contribution in [0.4, 0.5) is 5.82 Å². The predicted molar refractivity (Wildman–Crippen MR) is 76.6 cm³/mol. The molecule has 108 valence electrons. The number of nitrogens with one attached hydrogen (secondary N) is 1. The van der Waals surface area contributed by atoms with Crippen LogP contribution in [0.3, 0.4) is 0 Å². The molecule has 1 N–H and O–H groups in total. The van der Waals surface area contributed by atoms with E-state index in [-0.39, 0.29) is 6.04 Å². The summed E-state index contributed by atoms with van der Waals surface area (Å²) in [5, 5.41) is 3.74. The van der Waals surface area contributed by atoms with Gasteiger partial charge in [-0.05, 0) is 13.3 Å². The summed E-state index contributed by atoms with van der Waals surface area (Å²) in [5.74, 6) is 1.30. The molecular weight excluding hydrogens is 266 g/mol. The van der Waals surface area contributed by atoms with Crippen LogP contribution in [-0.4, -0.2) is 36.3 Å². The van der Waals surface area contributed by atoms with Crippen LogP contribution < -0.4 is 5.32 Å². The Kier molecular flexibility index (Phi) is 7.70. The number of ether oxygens (including phenoxy) is 2. The van der Waals surface area contributed by atoms with E-state index >= 15 is 0 Å². The quantitative estimate of drug-likeness (QED) is 0.708. The first kappa shape index (κ1) is 16.1. The fraction of sp³-hybridized carbons (Fsp3) is 0.692. The van der Waals surface area contributed by atoms with Gasteiger partial charge in [-0.25, -0.2) is 9.97 Å². The maximum Gasteiger partial charge on any atom is 0.158 e. The third-order valence-electron chi connectivity index (χ3n) is 2.53. The molecule has 0 spiro atoms. The van der Waals surface area contributed by atoms with Gasteiger partial charge in [-0.3, -0.25) is 0 Å². The summed E-state index contributed by atoms with van der Waals surface area (Å²) in [6, 6.07) is 1.94. The molecule has 0 aliphatic rings. The highest BCUT2D eigenvalue weighted by Gasteiger charge is 2.10. The summed E-state index contributed by atoms with van der Waals surface area (Å²) in [7, 11) is 1.69.